The number of nitrogens with zero attached hydrogens (tertiary/aromatic N) is 5. The Bertz CT molecular complexity index is 1470. The molecule has 1 saturated heterocycles. The number of alkyl carbamates (subject to hydrolysis) is 1. The number of hydrogen-bond acceptors (Lipinski definition) is 8. The van der Waals surface area contributed by atoms with Crippen LogP contribution in [0.1, 0.15) is 36.8 Å². The second-order valence-electron chi connectivity index (χ2n) is 10.1. The number of imidazole rings is 1. The summed E-state index contributed by atoms with van der Waals surface area (Å²) in [6.07, 6.45) is 2.50. The average molecular weight is 505 g/mol. The Morgan fingerprint density at radius 3 is 2.86 bits per heavy atom. The molecule has 5 heterocycles. The molecule has 190 valence electrons. The van der Waals surface area contributed by atoms with Gasteiger partial charge in [0.2, 0.25) is 5.95 Å². The van der Waals surface area contributed by atoms with Crippen LogP contribution in [0.4, 0.5) is 21.0 Å². The highest BCUT2D eigenvalue weighted by Gasteiger charge is 2.58. The number of amides is 1. The van der Waals surface area contributed by atoms with Crippen molar-refractivity contribution in [3.05, 3.63) is 54.1 Å². The molecule has 8 rings (SSSR count). The minimum Gasteiger partial charge on any atom is -0.441 e. The topological polar surface area (TPSA) is 131 Å². The Morgan fingerprint density at radius 2 is 2.11 bits per heavy atom. The standard InChI is InChI=1S/C25H25FN8O3/c1-13-11-34-20(28-13)7-16(15-4-2-3-5-27-15)29-23(34)30-19-6-17(32-33-19)22-21(26)18(12-36-22)37-24(35)31-25-8-14(9-25)10-25/h2-7,11,14,18,21-22H,8-10,12H2,1H3,(H,31,35)(H2,29,30,32,33)/t14?,18-,21+,22-,25?/m0/s1. The van der Waals surface area contributed by atoms with Crippen molar-refractivity contribution < 1.29 is 18.7 Å². The fourth-order valence-electron chi connectivity index (χ4n) is 5.46. The molecule has 3 saturated carbocycles. The fourth-order valence-corrected chi connectivity index (χ4v) is 5.46. The number of pyridine rings is 1. The number of aromatic nitrogens is 6. The third kappa shape index (κ3) is 3.88. The van der Waals surface area contributed by atoms with Gasteiger partial charge in [0.1, 0.15) is 11.8 Å². The van der Waals surface area contributed by atoms with Crippen molar-refractivity contribution in [1.29, 1.82) is 0 Å². The van der Waals surface area contributed by atoms with Gasteiger partial charge < -0.3 is 20.1 Å². The van der Waals surface area contributed by atoms with Gasteiger partial charge in [-0.2, -0.15) is 5.10 Å². The number of carbonyl (C=O) groups excluding carboxylic acids is 1. The highest BCUT2D eigenvalue weighted by molar-refractivity contribution is 5.69. The molecule has 12 heteroatoms. The Hall–Kier alpha value is -4.06. The molecular weight excluding hydrogens is 479 g/mol. The maximum absolute atomic E-state index is 15.2. The SMILES string of the molecule is Cc1cn2c(Nc3cc([C@@H]4OC[C@H](OC(=O)NC56CC(C5)C6)[C@H]4F)[nH]n3)nc(-c3ccccn3)cc2n1. The van der Waals surface area contributed by atoms with Crippen LogP contribution in [0, 0.1) is 12.8 Å². The van der Waals surface area contributed by atoms with Gasteiger partial charge in [0.25, 0.3) is 0 Å². The molecule has 4 fully saturated rings. The summed E-state index contributed by atoms with van der Waals surface area (Å²) in [4.78, 5) is 25.9. The molecule has 2 bridgehead atoms. The first-order valence-corrected chi connectivity index (χ1v) is 12.3. The zero-order valence-corrected chi connectivity index (χ0v) is 20.0. The van der Waals surface area contributed by atoms with E-state index < -0.39 is 24.5 Å². The summed E-state index contributed by atoms with van der Waals surface area (Å²) in [5.41, 5.74) is 3.19. The Morgan fingerprint density at radius 1 is 1.24 bits per heavy atom. The van der Waals surface area contributed by atoms with Crippen molar-refractivity contribution >= 4 is 23.5 Å². The number of anilines is 2. The van der Waals surface area contributed by atoms with E-state index in [-0.39, 0.29) is 12.1 Å². The van der Waals surface area contributed by atoms with Crippen molar-refractivity contribution in [2.45, 2.75) is 50.1 Å². The quantitative estimate of drug-likeness (QED) is 0.363. The molecule has 4 aliphatic rings. The molecule has 4 aromatic heterocycles. The van der Waals surface area contributed by atoms with Gasteiger partial charge in [0.15, 0.2) is 18.1 Å². The van der Waals surface area contributed by atoms with E-state index in [0.29, 0.717) is 34.5 Å². The molecular formula is C25H25FN8O3. The van der Waals surface area contributed by atoms with E-state index in [2.05, 4.69) is 30.8 Å². The van der Waals surface area contributed by atoms with Gasteiger partial charge in [-0.05, 0) is 44.2 Å². The lowest BCUT2D eigenvalue weighted by Crippen LogP contribution is -2.68. The van der Waals surface area contributed by atoms with Crippen molar-refractivity contribution in [2.24, 2.45) is 5.92 Å². The molecule has 3 N–H and O–H groups in total. The van der Waals surface area contributed by atoms with Crippen molar-refractivity contribution in [3.63, 3.8) is 0 Å². The summed E-state index contributed by atoms with van der Waals surface area (Å²) in [5.74, 6) is 1.63. The van der Waals surface area contributed by atoms with E-state index in [0.717, 1.165) is 30.9 Å². The van der Waals surface area contributed by atoms with E-state index in [9.17, 15) is 4.79 Å². The Balaban J connectivity index is 1.07. The number of rotatable bonds is 6. The van der Waals surface area contributed by atoms with E-state index in [1.54, 1.807) is 12.3 Å². The van der Waals surface area contributed by atoms with Gasteiger partial charge in [-0.3, -0.25) is 14.5 Å². The van der Waals surface area contributed by atoms with Crippen LogP contribution in [-0.4, -0.2) is 60.1 Å². The number of carbonyl (C=O) groups is 1. The van der Waals surface area contributed by atoms with E-state index in [1.807, 2.05) is 41.8 Å². The molecule has 4 aromatic rings. The molecule has 0 radical (unpaired) electrons. The molecule has 3 aliphatic carbocycles. The lowest BCUT2D eigenvalue weighted by molar-refractivity contribution is -0.0528. The molecule has 0 aromatic carbocycles. The lowest BCUT2D eigenvalue weighted by Gasteiger charge is -2.61. The number of halogens is 1. The first kappa shape index (κ1) is 22.2. The number of aromatic amines is 1. The van der Waals surface area contributed by atoms with Gasteiger partial charge in [-0.1, -0.05) is 6.07 Å². The number of H-pyrrole nitrogens is 1. The summed E-state index contributed by atoms with van der Waals surface area (Å²) in [7, 11) is 0. The van der Waals surface area contributed by atoms with Crippen molar-refractivity contribution in [2.75, 3.05) is 11.9 Å². The lowest BCUT2D eigenvalue weighted by atomic mass is 9.50. The maximum Gasteiger partial charge on any atom is 0.408 e. The summed E-state index contributed by atoms with van der Waals surface area (Å²) in [6, 6.07) is 9.13. The summed E-state index contributed by atoms with van der Waals surface area (Å²) < 4.78 is 28.0. The zero-order chi connectivity index (χ0) is 25.1. The van der Waals surface area contributed by atoms with Crippen LogP contribution in [0.3, 0.4) is 0 Å². The van der Waals surface area contributed by atoms with Gasteiger partial charge >= 0.3 is 6.09 Å². The first-order valence-electron chi connectivity index (χ1n) is 12.3. The van der Waals surface area contributed by atoms with Gasteiger partial charge in [0.05, 0.1) is 29.4 Å². The van der Waals surface area contributed by atoms with Crippen LogP contribution in [0.25, 0.3) is 17.0 Å². The largest absolute Gasteiger partial charge is 0.441 e. The second kappa shape index (κ2) is 8.23. The summed E-state index contributed by atoms with van der Waals surface area (Å²) in [5, 5.41) is 13.2. The third-order valence-electron chi connectivity index (χ3n) is 7.39. The van der Waals surface area contributed by atoms with Crippen molar-refractivity contribution in [3.8, 4) is 11.4 Å². The highest BCUT2D eigenvalue weighted by atomic mass is 19.1. The van der Waals surface area contributed by atoms with Crippen LogP contribution in [0.2, 0.25) is 0 Å². The highest BCUT2D eigenvalue weighted by Crippen LogP contribution is 2.57. The number of ether oxygens (including phenoxy) is 2. The molecule has 1 amide bonds. The summed E-state index contributed by atoms with van der Waals surface area (Å²) in [6.45, 7) is 1.87. The predicted octanol–water partition coefficient (Wildman–Crippen LogP) is 3.62. The minimum atomic E-state index is -1.53. The Labute approximate surface area is 210 Å². The first-order chi connectivity index (χ1) is 17.9. The molecule has 37 heavy (non-hydrogen) atoms. The minimum absolute atomic E-state index is 0.0285. The zero-order valence-electron chi connectivity index (χ0n) is 20.0. The van der Waals surface area contributed by atoms with Gasteiger partial charge in [0, 0.05) is 30.1 Å². The predicted molar refractivity (Wildman–Crippen MR) is 130 cm³/mol. The average Bonchev–Trinajstić information content (AvgIpc) is 3.55. The van der Waals surface area contributed by atoms with Crippen LogP contribution in [0.15, 0.2) is 42.7 Å². The van der Waals surface area contributed by atoms with Crippen LogP contribution >= 0.6 is 0 Å². The normalized spacial score (nSPS) is 27.9. The Kier molecular flexibility index (Phi) is 4.93. The fraction of sp³-hybridized carbons (Fsp3) is 0.400. The number of fused-ring (bicyclic) bond motifs is 1. The van der Waals surface area contributed by atoms with Crippen molar-refractivity contribution in [1.82, 2.24) is 34.9 Å². The molecule has 11 nitrogen and oxygen atoms in total. The smallest absolute Gasteiger partial charge is 0.408 e. The molecule has 0 spiro atoms. The molecule has 0 unspecified atom stereocenters. The second-order valence-corrected chi connectivity index (χ2v) is 10.1. The van der Waals surface area contributed by atoms with Crippen LogP contribution < -0.4 is 10.6 Å². The third-order valence-corrected chi connectivity index (χ3v) is 7.39. The number of hydrogen-bond donors (Lipinski definition) is 3. The monoisotopic (exact) mass is 504 g/mol. The van der Waals surface area contributed by atoms with E-state index in [1.165, 1.54) is 0 Å². The van der Waals surface area contributed by atoms with E-state index in [4.69, 9.17) is 14.5 Å². The number of aryl methyl sites for hydroxylation is 1. The molecule has 1 aliphatic heterocycles. The number of nitrogens with one attached hydrogen (secondary N) is 3. The van der Waals surface area contributed by atoms with Crippen LogP contribution in [-0.2, 0) is 9.47 Å². The van der Waals surface area contributed by atoms with Gasteiger partial charge in [-0.15, -0.1) is 0 Å². The maximum atomic E-state index is 15.2. The molecule has 3 atom stereocenters. The summed E-state index contributed by atoms with van der Waals surface area (Å²) >= 11 is 0. The van der Waals surface area contributed by atoms with Crippen LogP contribution in [0.5, 0.6) is 0 Å². The number of alkyl halides is 1. The van der Waals surface area contributed by atoms with Gasteiger partial charge in [-0.25, -0.2) is 19.2 Å². The van der Waals surface area contributed by atoms with E-state index >= 15 is 4.39 Å².